The van der Waals surface area contributed by atoms with E-state index in [2.05, 4.69) is 20.2 Å². The fourth-order valence-electron chi connectivity index (χ4n) is 2.53. The summed E-state index contributed by atoms with van der Waals surface area (Å²) in [6.07, 6.45) is 6.43. The molecule has 1 aliphatic rings. The molecule has 0 saturated carbocycles. The second-order valence-electron chi connectivity index (χ2n) is 5.43. The first-order chi connectivity index (χ1) is 11.1. The molecule has 23 heavy (non-hydrogen) atoms. The molecule has 0 radical (unpaired) electrons. The van der Waals surface area contributed by atoms with Crippen LogP contribution in [-0.4, -0.2) is 29.0 Å². The third-order valence-corrected chi connectivity index (χ3v) is 3.66. The molecule has 0 unspecified atom stereocenters. The summed E-state index contributed by atoms with van der Waals surface area (Å²) in [5, 5.41) is 2.53. The Balaban J connectivity index is 1.68. The zero-order valence-corrected chi connectivity index (χ0v) is 12.4. The minimum atomic E-state index is -0.799. The van der Waals surface area contributed by atoms with E-state index in [0.29, 0.717) is 17.7 Å². The maximum Gasteiger partial charge on any atom is 0.255 e. The number of hydrogen-bond acceptors (Lipinski definition) is 4. The van der Waals surface area contributed by atoms with Crippen LogP contribution in [0.5, 0.6) is 0 Å². The van der Waals surface area contributed by atoms with Crippen LogP contribution < -0.4 is 10.2 Å². The number of carbonyl (C=O) groups excluding carboxylic acids is 1. The normalized spacial score (nSPS) is 14.6. The van der Waals surface area contributed by atoms with Crippen molar-refractivity contribution in [3.05, 3.63) is 47.8 Å². The monoisotopic (exact) mass is 318 g/mol. The van der Waals surface area contributed by atoms with Gasteiger partial charge in [-0.05, 0) is 31.4 Å². The van der Waals surface area contributed by atoms with E-state index in [1.165, 1.54) is 18.8 Å². The maximum atomic E-state index is 13.1. The summed E-state index contributed by atoms with van der Waals surface area (Å²) < 4.78 is 26.3. The molecule has 0 atom stereocenters. The van der Waals surface area contributed by atoms with E-state index in [1.807, 2.05) is 0 Å². The van der Waals surface area contributed by atoms with Gasteiger partial charge in [-0.25, -0.2) is 18.7 Å². The van der Waals surface area contributed by atoms with Gasteiger partial charge in [0.05, 0.1) is 18.1 Å². The van der Waals surface area contributed by atoms with Crippen LogP contribution in [0.3, 0.4) is 0 Å². The fourth-order valence-corrected chi connectivity index (χ4v) is 2.53. The van der Waals surface area contributed by atoms with Gasteiger partial charge in [-0.2, -0.15) is 0 Å². The standard InChI is InChI=1S/C16H16F2N4O/c17-12-6-11(7-13(18)8-12)15(23)21-14-9-19-16(20-10-14)22-4-2-1-3-5-22/h6-10H,1-5H2,(H,21,23). The number of rotatable bonds is 3. The minimum Gasteiger partial charge on any atom is -0.341 e. The van der Waals surface area contributed by atoms with Crippen LogP contribution in [0.1, 0.15) is 29.6 Å². The molecule has 1 saturated heterocycles. The number of nitrogens with zero attached hydrogens (tertiary/aromatic N) is 3. The van der Waals surface area contributed by atoms with E-state index in [1.54, 1.807) is 0 Å². The lowest BCUT2D eigenvalue weighted by Gasteiger charge is -2.26. The lowest BCUT2D eigenvalue weighted by atomic mass is 10.1. The van der Waals surface area contributed by atoms with E-state index >= 15 is 0 Å². The van der Waals surface area contributed by atoms with Gasteiger partial charge in [0.25, 0.3) is 5.91 Å². The molecule has 1 N–H and O–H groups in total. The van der Waals surface area contributed by atoms with Crippen molar-refractivity contribution in [3.63, 3.8) is 0 Å². The Bertz CT molecular complexity index is 679. The lowest BCUT2D eigenvalue weighted by molar-refractivity contribution is 0.102. The molecule has 1 amide bonds. The highest BCUT2D eigenvalue weighted by Gasteiger charge is 2.14. The van der Waals surface area contributed by atoms with E-state index in [-0.39, 0.29) is 5.56 Å². The number of nitrogens with one attached hydrogen (secondary N) is 1. The van der Waals surface area contributed by atoms with Crippen molar-refractivity contribution in [2.75, 3.05) is 23.3 Å². The minimum absolute atomic E-state index is 0.0948. The topological polar surface area (TPSA) is 58.1 Å². The zero-order valence-electron chi connectivity index (χ0n) is 12.4. The number of carbonyl (C=O) groups is 1. The molecule has 120 valence electrons. The molecule has 7 heteroatoms. The predicted molar refractivity (Wildman–Crippen MR) is 82.4 cm³/mol. The third kappa shape index (κ3) is 3.80. The van der Waals surface area contributed by atoms with E-state index in [9.17, 15) is 13.6 Å². The Labute approximate surface area is 132 Å². The smallest absolute Gasteiger partial charge is 0.255 e. The molecule has 1 aromatic carbocycles. The maximum absolute atomic E-state index is 13.1. The van der Waals surface area contributed by atoms with Gasteiger partial charge in [0.2, 0.25) is 5.95 Å². The van der Waals surface area contributed by atoms with Crippen LogP contribution in [0, 0.1) is 11.6 Å². The number of anilines is 2. The Morgan fingerprint density at radius 1 is 1.00 bits per heavy atom. The summed E-state index contributed by atoms with van der Waals surface area (Å²) in [6.45, 7) is 1.85. The quantitative estimate of drug-likeness (QED) is 0.945. The molecule has 0 spiro atoms. The second kappa shape index (κ2) is 6.68. The van der Waals surface area contributed by atoms with Crippen molar-refractivity contribution >= 4 is 17.5 Å². The van der Waals surface area contributed by atoms with Crippen molar-refractivity contribution < 1.29 is 13.6 Å². The van der Waals surface area contributed by atoms with Gasteiger partial charge in [-0.3, -0.25) is 4.79 Å². The fraction of sp³-hybridized carbons (Fsp3) is 0.312. The number of hydrogen-bond donors (Lipinski definition) is 1. The Morgan fingerprint density at radius 2 is 1.61 bits per heavy atom. The van der Waals surface area contributed by atoms with Crippen molar-refractivity contribution in [1.82, 2.24) is 9.97 Å². The van der Waals surface area contributed by atoms with Crippen molar-refractivity contribution in [3.8, 4) is 0 Å². The van der Waals surface area contributed by atoms with E-state index in [0.717, 1.165) is 38.1 Å². The number of aromatic nitrogens is 2. The van der Waals surface area contributed by atoms with Gasteiger partial charge in [-0.1, -0.05) is 0 Å². The Hall–Kier alpha value is -2.57. The van der Waals surface area contributed by atoms with Gasteiger partial charge in [0.15, 0.2) is 0 Å². The van der Waals surface area contributed by atoms with Crippen LogP contribution in [0.4, 0.5) is 20.4 Å². The summed E-state index contributed by atoms with van der Waals surface area (Å²) in [4.78, 5) is 22.6. The molecule has 1 fully saturated rings. The average Bonchev–Trinajstić information content (AvgIpc) is 2.55. The highest BCUT2D eigenvalue weighted by molar-refractivity contribution is 6.04. The molecule has 1 aliphatic heterocycles. The highest BCUT2D eigenvalue weighted by Crippen LogP contribution is 2.17. The summed E-state index contributed by atoms with van der Waals surface area (Å²) in [5.41, 5.74) is 0.281. The molecule has 1 aromatic heterocycles. The van der Waals surface area contributed by atoms with Crippen molar-refractivity contribution in [1.29, 1.82) is 0 Å². The number of halogens is 2. The van der Waals surface area contributed by atoms with E-state index in [4.69, 9.17) is 0 Å². The summed E-state index contributed by atoms with van der Waals surface area (Å²) in [5.74, 6) is -1.59. The lowest BCUT2D eigenvalue weighted by Crippen LogP contribution is -2.30. The Kier molecular flexibility index (Phi) is 4.45. The van der Waals surface area contributed by atoms with Crippen molar-refractivity contribution in [2.45, 2.75) is 19.3 Å². The molecule has 0 aliphatic carbocycles. The first-order valence-electron chi connectivity index (χ1n) is 7.46. The molecule has 5 nitrogen and oxygen atoms in total. The molecule has 3 rings (SSSR count). The van der Waals surface area contributed by atoms with Gasteiger partial charge in [0.1, 0.15) is 11.6 Å². The number of benzene rings is 1. The predicted octanol–water partition coefficient (Wildman–Crippen LogP) is 3.00. The summed E-state index contributed by atoms with van der Waals surface area (Å²) in [7, 11) is 0. The third-order valence-electron chi connectivity index (χ3n) is 3.66. The van der Waals surface area contributed by atoms with Crippen LogP contribution in [-0.2, 0) is 0 Å². The molecular formula is C16H16F2N4O. The molecule has 2 heterocycles. The van der Waals surface area contributed by atoms with Gasteiger partial charge < -0.3 is 10.2 Å². The van der Waals surface area contributed by atoms with Crippen molar-refractivity contribution in [2.24, 2.45) is 0 Å². The van der Waals surface area contributed by atoms with Crippen LogP contribution in [0.2, 0.25) is 0 Å². The average molecular weight is 318 g/mol. The van der Waals surface area contributed by atoms with Crippen LogP contribution in [0.15, 0.2) is 30.6 Å². The number of amides is 1. The summed E-state index contributed by atoms with van der Waals surface area (Å²) >= 11 is 0. The highest BCUT2D eigenvalue weighted by atomic mass is 19.1. The molecule has 2 aromatic rings. The van der Waals surface area contributed by atoms with E-state index < -0.39 is 17.5 Å². The summed E-state index contributed by atoms with van der Waals surface area (Å²) in [6, 6.07) is 2.66. The Morgan fingerprint density at radius 3 is 2.22 bits per heavy atom. The molecular weight excluding hydrogens is 302 g/mol. The first-order valence-corrected chi connectivity index (χ1v) is 7.46. The van der Waals surface area contributed by atoms with Gasteiger partial charge in [-0.15, -0.1) is 0 Å². The number of piperidine rings is 1. The molecule has 0 bridgehead atoms. The SMILES string of the molecule is O=C(Nc1cnc(N2CCCCC2)nc1)c1cc(F)cc(F)c1. The van der Waals surface area contributed by atoms with Crippen LogP contribution in [0.25, 0.3) is 0 Å². The second-order valence-corrected chi connectivity index (χ2v) is 5.43. The van der Waals surface area contributed by atoms with Crippen LogP contribution >= 0.6 is 0 Å². The van der Waals surface area contributed by atoms with Gasteiger partial charge in [0, 0.05) is 24.7 Å². The zero-order chi connectivity index (χ0) is 16.2. The largest absolute Gasteiger partial charge is 0.341 e. The first kappa shape index (κ1) is 15.3. The van der Waals surface area contributed by atoms with Gasteiger partial charge >= 0.3 is 0 Å².